The maximum atomic E-state index is 12.8. The van der Waals surface area contributed by atoms with Crippen molar-refractivity contribution in [3.8, 4) is 6.07 Å². The van der Waals surface area contributed by atoms with Crippen molar-refractivity contribution in [2.24, 2.45) is 5.92 Å². The maximum absolute atomic E-state index is 12.8. The van der Waals surface area contributed by atoms with Gasteiger partial charge in [0.2, 0.25) is 0 Å². The first kappa shape index (κ1) is 19.0. The van der Waals surface area contributed by atoms with Gasteiger partial charge in [0.15, 0.2) is 4.96 Å². The molecule has 1 fully saturated rings. The van der Waals surface area contributed by atoms with Gasteiger partial charge in [0.1, 0.15) is 0 Å². The van der Waals surface area contributed by atoms with Gasteiger partial charge in [0.05, 0.1) is 11.6 Å². The monoisotopic (exact) mass is 417 g/mol. The van der Waals surface area contributed by atoms with Crippen LogP contribution in [0.1, 0.15) is 28.8 Å². The molecular formula is C23H23N5OS. The average molecular weight is 418 g/mol. The van der Waals surface area contributed by atoms with E-state index in [0.29, 0.717) is 11.5 Å². The number of nitrogens with zero attached hydrogens (tertiary/aromatic N) is 4. The van der Waals surface area contributed by atoms with Gasteiger partial charge >= 0.3 is 0 Å². The number of benzene rings is 1. The second-order valence-corrected chi connectivity index (χ2v) is 9.01. The molecule has 6 nitrogen and oxygen atoms in total. The molecule has 0 saturated carbocycles. The Hall–Kier alpha value is -2.95. The van der Waals surface area contributed by atoms with E-state index in [1.54, 1.807) is 4.40 Å². The fourth-order valence-electron chi connectivity index (χ4n) is 4.59. The van der Waals surface area contributed by atoms with Crippen molar-refractivity contribution >= 4 is 27.2 Å². The zero-order valence-corrected chi connectivity index (χ0v) is 17.7. The summed E-state index contributed by atoms with van der Waals surface area (Å²) in [6.45, 7) is 4.93. The first-order valence-electron chi connectivity index (χ1n) is 10.3. The van der Waals surface area contributed by atoms with Crippen LogP contribution in [0.5, 0.6) is 0 Å². The lowest BCUT2D eigenvalue weighted by Crippen LogP contribution is -2.28. The molecule has 3 aromatic heterocycles. The molecule has 0 spiro atoms. The van der Waals surface area contributed by atoms with Crippen LogP contribution in [-0.4, -0.2) is 38.9 Å². The highest BCUT2D eigenvalue weighted by atomic mass is 32.1. The molecule has 1 saturated heterocycles. The van der Waals surface area contributed by atoms with Gasteiger partial charge in [-0.15, -0.1) is 11.3 Å². The molecule has 0 aliphatic carbocycles. The second kappa shape index (κ2) is 7.71. The molecular weight excluding hydrogens is 394 g/mol. The highest BCUT2D eigenvalue weighted by molar-refractivity contribution is 7.15. The number of H-pyrrole nitrogens is 1. The van der Waals surface area contributed by atoms with E-state index in [0.717, 1.165) is 66.0 Å². The topological polar surface area (TPSA) is 77.2 Å². The van der Waals surface area contributed by atoms with Crippen LogP contribution >= 0.6 is 11.3 Å². The third-order valence-corrected chi connectivity index (χ3v) is 6.98. The van der Waals surface area contributed by atoms with Crippen molar-refractivity contribution in [2.75, 3.05) is 19.6 Å². The third kappa shape index (κ3) is 3.42. The third-order valence-electron chi connectivity index (χ3n) is 6.22. The molecule has 4 heterocycles. The molecule has 1 aliphatic rings. The lowest BCUT2D eigenvalue weighted by molar-refractivity contribution is 0.327. The Morgan fingerprint density at radius 1 is 1.40 bits per heavy atom. The Morgan fingerprint density at radius 2 is 2.30 bits per heavy atom. The minimum absolute atomic E-state index is 0.0709. The minimum atomic E-state index is 0.0709. The first-order valence-corrected chi connectivity index (χ1v) is 11.2. The van der Waals surface area contributed by atoms with E-state index >= 15 is 0 Å². The number of fused-ring (bicyclic) bond motifs is 2. The van der Waals surface area contributed by atoms with Crippen molar-refractivity contribution in [2.45, 2.75) is 26.2 Å². The number of hydrogen-bond donors (Lipinski definition) is 1. The molecule has 1 atom stereocenters. The Balaban J connectivity index is 1.25. The number of nitrogens with one attached hydrogen (secondary N) is 1. The predicted molar refractivity (Wildman–Crippen MR) is 119 cm³/mol. The van der Waals surface area contributed by atoms with Crippen molar-refractivity contribution in [3.05, 3.63) is 68.7 Å². The van der Waals surface area contributed by atoms with Crippen LogP contribution in [0, 0.1) is 24.2 Å². The Morgan fingerprint density at radius 3 is 3.17 bits per heavy atom. The summed E-state index contributed by atoms with van der Waals surface area (Å²) in [7, 11) is 0. The van der Waals surface area contributed by atoms with Crippen LogP contribution < -0.4 is 5.56 Å². The number of thiazole rings is 1. The first-order chi connectivity index (χ1) is 14.6. The van der Waals surface area contributed by atoms with Gasteiger partial charge in [-0.05, 0) is 62.4 Å². The number of aromatic amines is 1. The lowest BCUT2D eigenvalue weighted by atomic mass is 9.98. The van der Waals surface area contributed by atoms with E-state index in [1.165, 1.54) is 16.9 Å². The maximum Gasteiger partial charge on any atom is 0.261 e. The summed E-state index contributed by atoms with van der Waals surface area (Å²) in [6, 6.07) is 8.06. The molecule has 152 valence electrons. The fraction of sp³-hybridized carbons (Fsp3) is 0.348. The molecule has 7 heteroatoms. The van der Waals surface area contributed by atoms with Crippen molar-refractivity contribution < 1.29 is 0 Å². The highest BCUT2D eigenvalue weighted by Crippen LogP contribution is 2.26. The van der Waals surface area contributed by atoms with Gasteiger partial charge in [-0.3, -0.25) is 9.20 Å². The van der Waals surface area contributed by atoms with Crippen LogP contribution in [0.25, 0.3) is 15.9 Å². The quantitative estimate of drug-likeness (QED) is 0.539. The zero-order chi connectivity index (χ0) is 20.7. The van der Waals surface area contributed by atoms with E-state index in [2.05, 4.69) is 27.1 Å². The fourth-order valence-corrected chi connectivity index (χ4v) is 5.34. The number of aromatic nitrogens is 3. The van der Waals surface area contributed by atoms with E-state index < -0.39 is 0 Å². The average Bonchev–Trinajstić information content (AvgIpc) is 3.48. The van der Waals surface area contributed by atoms with Gasteiger partial charge in [-0.1, -0.05) is 0 Å². The molecule has 0 bridgehead atoms. The molecule has 1 aliphatic heterocycles. The van der Waals surface area contributed by atoms with Gasteiger partial charge in [0.25, 0.3) is 5.56 Å². The van der Waals surface area contributed by atoms with E-state index in [1.807, 2.05) is 36.7 Å². The number of aryl methyl sites for hydroxylation is 1. The van der Waals surface area contributed by atoms with Crippen LogP contribution in [0.15, 0.2) is 40.8 Å². The summed E-state index contributed by atoms with van der Waals surface area (Å²) in [5, 5.41) is 12.3. The Bertz CT molecular complexity index is 1330. The number of hydrogen-bond acceptors (Lipinski definition) is 5. The van der Waals surface area contributed by atoms with Gasteiger partial charge in [-0.25, -0.2) is 4.98 Å². The SMILES string of the molecule is Cc1nc2sccn2c(=O)c1CCN1CCC(Cc2c[nH]c3ccc(C#N)cc23)C1. The minimum Gasteiger partial charge on any atom is -0.361 e. The molecule has 5 rings (SSSR count). The van der Waals surface area contributed by atoms with Gasteiger partial charge < -0.3 is 9.88 Å². The van der Waals surface area contributed by atoms with E-state index in [9.17, 15) is 10.1 Å². The number of nitriles is 1. The van der Waals surface area contributed by atoms with Gasteiger partial charge in [-0.2, -0.15) is 5.26 Å². The van der Waals surface area contributed by atoms with Crippen molar-refractivity contribution in [1.29, 1.82) is 5.26 Å². The number of likely N-dealkylation sites (tertiary alicyclic amines) is 1. The zero-order valence-electron chi connectivity index (χ0n) is 16.9. The Kier molecular flexibility index (Phi) is 4.89. The largest absolute Gasteiger partial charge is 0.361 e. The predicted octanol–water partition coefficient (Wildman–Crippen LogP) is 3.52. The van der Waals surface area contributed by atoms with Crippen molar-refractivity contribution in [3.63, 3.8) is 0 Å². The standard InChI is InChI=1S/C23H23N5OS/c1-15-19(22(29)28-8-9-30-23(28)26-15)5-7-27-6-4-17(14-27)10-18-13-25-21-3-2-16(12-24)11-20(18)21/h2-3,8-9,11,13,17,25H,4-7,10,14H2,1H3. The molecule has 4 aromatic rings. The van der Waals surface area contributed by atoms with Gasteiger partial charge in [0, 0.05) is 53.0 Å². The summed E-state index contributed by atoms with van der Waals surface area (Å²) >= 11 is 1.49. The lowest BCUT2D eigenvalue weighted by Gasteiger charge is -2.16. The Labute approximate surface area is 178 Å². The smallest absolute Gasteiger partial charge is 0.261 e. The van der Waals surface area contributed by atoms with Crippen LogP contribution in [0.2, 0.25) is 0 Å². The number of rotatable bonds is 5. The van der Waals surface area contributed by atoms with E-state index in [-0.39, 0.29) is 5.56 Å². The van der Waals surface area contributed by atoms with Crippen LogP contribution in [0.4, 0.5) is 0 Å². The van der Waals surface area contributed by atoms with Crippen molar-refractivity contribution in [1.82, 2.24) is 19.3 Å². The van der Waals surface area contributed by atoms with E-state index in [4.69, 9.17) is 0 Å². The molecule has 1 unspecified atom stereocenters. The van der Waals surface area contributed by atoms with Crippen LogP contribution in [-0.2, 0) is 12.8 Å². The normalized spacial score (nSPS) is 17.1. The van der Waals surface area contributed by atoms with Crippen LogP contribution in [0.3, 0.4) is 0 Å². The molecule has 1 N–H and O–H groups in total. The molecule has 1 aromatic carbocycles. The summed E-state index contributed by atoms with van der Waals surface area (Å²) in [4.78, 5) is 23.9. The molecule has 0 amide bonds. The molecule has 0 radical (unpaired) electrons. The summed E-state index contributed by atoms with van der Waals surface area (Å²) < 4.78 is 1.66. The second-order valence-electron chi connectivity index (χ2n) is 8.13. The summed E-state index contributed by atoms with van der Waals surface area (Å²) in [5.74, 6) is 0.592. The summed E-state index contributed by atoms with van der Waals surface area (Å²) in [5.41, 5.74) is 4.83. The molecule has 30 heavy (non-hydrogen) atoms. The highest BCUT2D eigenvalue weighted by Gasteiger charge is 2.24. The summed E-state index contributed by atoms with van der Waals surface area (Å²) in [6.07, 6.45) is 6.80.